The Morgan fingerprint density at radius 1 is 1.25 bits per heavy atom. The van der Waals surface area contributed by atoms with Crippen LogP contribution in [0.15, 0.2) is 11.4 Å². The number of rotatable bonds is 2. The maximum absolute atomic E-state index is 6.26. The van der Waals surface area contributed by atoms with E-state index < -0.39 is 0 Å². The van der Waals surface area contributed by atoms with Crippen LogP contribution >= 0.6 is 22.9 Å². The standard InChI is InChI=1S/C15H18ClN3S/c16-14-11-6-8-20-15(11)18-13(17-14)9-19-7-5-10-3-1-2-4-12(10)19/h6,8,10,12H,1-5,7,9H2. The summed E-state index contributed by atoms with van der Waals surface area (Å²) in [5, 5.41) is 3.62. The van der Waals surface area contributed by atoms with Crippen LogP contribution in [0.5, 0.6) is 0 Å². The minimum atomic E-state index is 0.602. The van der Waals surface area contributed by atoms with E-state index in [0.29, 0.717) is 5.15 Å². The van der Waals surface area contributed by atoms with Gasteiger partial charge >= 0.3 is 0 Å². The fraction of sp³-hybridized carbons (Fsp3) is 0.600. The van der Waals surface area contributed by atoms with Crippen molar-refractivity contribution in [2.45, 2.75) is 44.7 Å². The second-order valence-electron chi connectivity index (χ2n) is 5.94. The molecule has 1 saturated heterocycles. The first-order valence-electron chi connectivity index (χ1n) is 7.45. The van der Waals surface area contributed by atoms with Crippen LogP contribution in [0.3, 0.4) is 0 Å². The number of thiophene rings is 1. The molecule has 0 N–H and O–H groups in total. The third-order valence-corrected chi connectivity index (χ3v) is 5.89. The smallest absolute Gasteiger partial charge is 0.145 e. The van der Waals surface area contributed by atoms with E-state index in [-0.39, 0.29) is 0 Å². The summed E-state index contributed by atoms with van der Waals surface area (Å²) in [4.78, 5) is 12.8. The van der Waals surface area contributed by atoms with Gasteiger partial charge in [0.15, 0.2) is 0 Å². The van der Waals surface area contributed by atoms with Crippen molar-refractivity contribution < 1.29 is 0 Å². The number of fused-ring (bicyclic) bond motifs is 2. The Morgan fingerprint density at radius 3 is 3.10 bits per heavy atom. The highest BCUT2D eigenvalue weighted by Crippen LogP contribution is 2.37. The average Bonchev–Trinajstić information content (AvgIpc) is 3.07. The van der Waals surface area contributed by atoms with E-state index in [1.54, 1.807) is 11.3 Å². The molecule has 0 spiro atoms. The SMILES string of the molecule is Clc1nc(CN2CCC3CCCCC32)nc2sccc12. The van der Waals surface area contributed by atoms with Gasteiger partial charge in [-0.05, 0) is 43.2 Å². The lowest BCUT2D eigenvalue weighted by molar-refractivity contribution is 0.172. The summed E-state index contributed by atoms with van der Waals surface area (Å²) in [5.41, 5.74) is 0. The van der Waals surface area contributed by atoms with Gasteiger partial charge in [0.25, 0.3) is 0 Å². The second kappa shape index (κ2) is 5.24. The van der Waals surface area contributed by atoms with Gasteiger partial charge in [-0.2, -0.15) is 0 Å². The highest BCUT2D eigenvalue weighted by Gasteiger charge is 2.35. The van der Waals surface area contributed by atoms with E-state index >= 15 is 0 Å². The average molecular weight is 308 g/mol. The molecule has 4 rings (SSSR count). The zero-order valence-electron chi connectivity index (χ0n) is 11.4. The minimum Gasteiger partial charge on any atom is -0.293 e. The summed E-state index contributed by atoms with van der Waals surface area (Å²) >= 11 is 7.91. The fourth-order valence-corrected chi connectivity index (χ4v) is 4.90. The zero-order valence-corrected chi connectivity index (χ0v) is 13.0. The molecule has 2 aromatic rings. The Hall–Kier alpha value is -0.710. The highest BCUT2D eigenvalue weighted by molar-refractivity contribution is 7.16. The number of hydrogen-bond acceptors (Lipinski definition) is 4. The first-order chi connectivity index (χ1) is 9.81. The molecule has 2 aliphatic rings. The van der Waals surface area contributed by atoms with Crippen LogP contribution in [0.1, 0.15) is 37.9 Å². The van der Waals surface area contributed by atoms with Crippen molar-refractivity contribution in [1.29, 1.82) is 0 Å². The number of hydrogen-bond donors (Lipinski definition) is 0. The molecule has 5 heteroatoms. The summed E-state index contributed by atoms with van der Waals surface area (Å²) < 4.78 is 0. The fourth-order valence-electron chi connectivity index (χ4n) is 3.81. The highest BCUT2D eigenvalue weighted by atomic mass is 35.5. The van der Waals surface area contributed by atoms with Gasteiger partial charge in [-0.15, -0.1) is 11.3 Å². The largest absolute Gasteiger partial charge is 0.293 e. The minimum absolute atomic E-state index is 0.602. The lowest BCUT2D eigenvalue weighted by atomic mass is 9.85. The molecule has 2 unspecified atom stereocenters. The molecule has 1 saturated carbocycles. The van der Waals surface area contributed by atoms with E-state index in [1.165, 1.54) is 38.6 Å². The van der Waals surface area contributed by atoms with E-state index in [9.17, 15) is 0 Å². The topological polar surface area (TPSA) is 29.0 Å². The molecule has 1 aliphatic carbocycles. The summed E-state index contributed by atoms with van der Waals surface area (Å²) in [5.74, 6) is 1.79. The molecule has 0 amide bonds. The van der Waals surface area contributed by atoms with Crippen molar-refractivity contribution in [2.75, 3.05) is 6.54 Å². The Bertz CT molecular complexity index is 627. The number of likely N-dealkylation sites (tertiary alicyclic amines) is 1. The monoisotopic (exact) mass is 307 g/mol. The Kier molecular flexibility index (Phi) is 3.41. The molecule has 20 heavy (non-hydrogen) atoms. The first kappa shape index (κ1) is 13.0. The van der Waals surface area contributed by atoms with Crippen molar-refractivity contribution in [2.24, 2.45) is 5.92 Å². The Balaban J connectivity index is 1.58. The Morgan fingerprint density at radius 2 is 2.15 bits per heavy atom. The van der Waals surface area contributed by atoms with Gasteiger partial charge in [-0.3, -0.25) is 4.90 Å². The summed E-state index contributed by atoms with van der Waals surface area (Å²) in [6, 6.07) is 2.75. The molecule has 0 bridgehead atoms. The van der Waals surface area contributed by atoms with Crippen LogP contribution in [-0.2, 0) is 6.54 Å². The molecule has 1 aliphatic heterocycles. The Labute approximate surface area is 128 Å². The van der Waals surface area contributed by atoms with Gasteiger partial charge < -0.3 is 0 Å². The van der Waals surface area contributed by atoms with E-state index in [1.807, 2.05) is 11.4 Å². The van der Waals surface area contributed by atoms with Gasteiger partial charge in [0.05, 0.1) is 6.54 Å². The molecular formula is C15H18ClN3S. The number of aromatic nitrogens is 2. The number of nitrogens with zero attached hydrogens (tertiary/aromatic N) is 3. The van der Waals surface area contributed by atoms with Crippen LogP contribution in [0.2, 0.25) is 5.15 Å². The van der Waals surface area contributed by atoms with Crippen LogP contribution in [0, 0.1) is 5.92 Å². The van der Waals surface area contributed by atoms with Gasteiger partial charge in [0, 0.05) is 11.4 Å². The van der Waals surface area contributed by atoms with Crippen LogP contribution < -0.4 is 0 Å². The quantitative estimate of drug-likeness (QED) is 0.782. The van der Waals surface area contributed by atoms with Crippen LogP contribution in [0.4, 0.5) is 0 Å². The van der Waals surface area contributed by atoms with Crippen molar-refractivity contribution >= 4 is 33.2 Å². The van der Waals surface area contributed by atoms with Crippen molar-refractivity contribution in [3.63, 3.8) is 0 Å². The normalized spacial score (nSPS) is 27.1. The maximum Gasteiger partial charge on any atom is 0.145 e. The van der Waals surface area contributed by atoms with Crippen LogP contribution in [0.25, 0.3) is 10.2 Å². The molecule has 3 nitrogen and oxygen atoms in total. The van der Waals surface area contributed by atoms with Crippen molar-refractivity contribution in [3.05, 3.63) is 22.4 Å². The molecule has 2 aromatic heterocycles. The molecule has 0 aromatic carbocycles. The third kappa shape index (κ3) is 2.24. The predicted molar refractivity (Wildman–Crippen MR) is 83.2 cm³/mol. The van der Waals surface area contributed by atoms with E-state index in [0.717, 1.165) is 34.5 Å². The molecule has 106 valence electrons. The van der Waals surface area contributed by atoms with Gasteiger partial charge in [-0.25, -0.2) is 9.97 Å². The first-order valence-corrected chi connectivity index (χ1v) is 8.71. The lowest BCUT2D eigenvalue weighted by Gasteiger charge is -2.31. The second-order valence-corrected chi connectivity index (χ2v) is 7.19. The third-order valence-electron chi connectivity index (χ3n) is 4.79. The molecular weight excluding hydrogens is 290 g/mol. The lowest BCUT2D eigenvalue weighted by Crippen LogP contribution is -2.34. The molecule has 0 radical (unpaired) electrons. The molecule has 2 atom stereocenters. The van der Waals surface area contributed by atoms with Crippen LogP contribution in [-0.4, -0.2) is 27.5 Å². The maximum atomic E-state index is 6.26. The zero-order chi connectivity index (χ0) is 13.5. The van der Waals surface area contributed by atoms with Crippen molar-refractivity contribution in [1.82, 2.24) is 14.9 Å². The van der Waals surface area contributed by atoms with Gasteiger partial charge in [0.1, 0.15) is 15.8 Å². The number of halogens is 1. The summed E-state index contributed by atoms with van der Waals surface area (Å²) in [7, 11) is 0. The van der Waals surface area contributed by atoms with Gasteiger partial charge in [-0.1, -0.05) is 24.4 Å². The van der Waals surface area contributed by atoms with E-state index in [2.05, 4.69) is 14.9 Å². The predicted octanol–water partition coefficient (Wildman–Crippen LogP) is 4.11. The molecule has 3 heterocycles. The van der Waals surface area contributed by atoms with Gasteiger partial charge in [0.2, 0.25) is 0 Å². The molecule has 2 fully saturated rings. The van der Waals surface area contributed by atoms with Crippen molar-refractivity contribution in [3.8, 4) is 0 Å². The summed E-state index contributed by atoms with van der Waals surface area (Å²) in [6.07, 6.45) is 6.90. The summed E-state index contributed by atoms with van der Waals surface area (Å²) in [6.45, 7) is 2.05. The van der Waals surface area contributed by atoms with E-state index in [4.69, 9.17) is 11.6 Å².